The minimum absolute atomic E-state index is 0.151. The van der Waals surface area contributed by atoms with Crippen LogP contribution in [0.15, 0.2) is 12.3 Å². The molecule has 2 saturated heterocycles. The van der Waals surface area contributed by atoms with Gasteiger partial charge in [-0.3, -0.25) is 4.98 Å². The molecular weight excluding hydrogens is 534 g/mol. The lowest BCUT2D eigenvalue weighted by Crippen LogP contribution is -2.54. The number of likely N-dealkylation sites (tertiary alicyclic amines) is 2. The van der Waals surface area contributed by atoms with Gasteiger partial charge in [-0.15, -0.1) is 0 Å². The molecule has 6 rings (SSSR count). The molecule has 0 N–H and O–H groups in total. The summed E-state index contributed by atoms with van der Waals surface area (Å²) < 4.78 is 20.4. The van der Waals surface area contributed by atoms with Crippen LogP contribution in [0, 0.1) is 12.8 Å². The maximum absolute atomic E-state index is 13.0. The lowest BCUT2D eigenvalue weighted by Gasteiger charge is -2.45. The first kappa shape index (κ1) is 28.8. The van der Waals surface area contributed by atoms with Crippen molar-refractivity contribution >= 4 is 12.2 Å². The number of ether oxygens (including phenoxy) is 3. The van der Waals surface area contributed by atoms with Gasteiger partial charge in [0.25, 0.3) is 0 Å². The van der Waals surface area contributed by atoms with E-state index in [4.69, 9.17) is 24.2 Å². The van der Waals surface area contributed by atoms with Crippen LogP contribution in [0.1, 0.15) is 96.1 Å². The molecule has 3 fully saturated rings. The van der Waals surface area contributed by atoms with E-state index < -0.39 is 16.7 Å². The second-order valence-electron chi connectivity index (χ2n) is 14.3. The van der Waals surface area contributed by atoms with Crippen LogP contribution in [-0.2, 0) is 22.1 Å². The fraction of sp³-hybridized carbons (Fsp3) is 0.688. The quantitative estimate of drug-likeness (QED) is 0.446. The molecule has 10 nitrogen and oxygen atoms in total. The van der Waals surface area contributed by atoms with E-state index in [0.717, 1.165) is 59.9 Å². The summed E-state index contributed by atoms with van der Waals surface area (Å²) >= 11 is 0. The molecule has 0 bridgehead atoms. The average Bonchev–Trinajstić information content (AvgIpc) is 3.66. The lowest BCUT2D eigenvalue weighted by molar-refractivity contribution is -0.0122. The molecule has 1 saturated carbocycles. The smallest absolute Gasteiger partial charge is 0.410 e. The number of hydrogen-bond acceptors (Lipinski definition) is 7. The minimum atomic E-state index is -0.613. The molecule has 5 heterocycles. The first-order chi connectivity index (χ1) is 19.8. The number of carbonyl (C=O) groups excluding carboxylic acids is 2. The molecular formula is C32H45N5O5. The predicted molar refractivity (Wildman–Crippen MR) is 157 cm³/mol. The zero-order chi connectivity index (χ0) is 30.0. The van der Waals surface area contributed by atoms with E-state index in [-0.39, 0.29) is 18.1 Å². The van der Waals surface area contributed by atoms with E-state index in [1.165, 1.54) is 0 Å². The molecule has 10 heteroatoms. The number of nitrogens with zero attached hydrogens (tertiary/aromatic N) is 5. The monoisotopic (exact) mass is 579 g/mol. The summed E-state index contributed by atoms with van der Waals surface area (Å²) in [5.74, 6) is 2.42. The summed E-state index contributed by atoms with van der Waals surface area (Å²) in [5, 5.41) is 0. The second-order valence-corrected chi connectivity index (χ2v) is 14.3. The maximum atomic E-state index is 13.0. The van der Waals surface area contributed by atoms with Crippen LogP contribution in [0.3, 0.4) is 0 Å². The summed E-state index contributed by atoms with van der Waals surface area (Å²) in [4.78, 5) is 39.5. The van der Waals surface area contributed by atoms with Gasteiger partial charge in [0.2, 0.25) is 0 Å². The van der Waals surface area contributed by atoms with E-state index >= 15 is 0 Å². The average molecular weight is 580 g/mol. The summed E-state index contributed by atoms with van der Waals surface area (Å²) in [7, 11) is 2.08. The zero-order valence-corrected chi connectivity index (χ0v) is 26.2. The van der Waals surface area contributed by atoms with Crippen molar-refractivity contribution in [2.75, 3.05) is 26.2 Å². The number of aryl methyl sites for hydroxylation is 1. The van der Waals surface area contributed by atoms with Gasteiger partial charge < -0.3 is 28.6 Å². The van der Waals surface area contributed by atoms with Crippen molar-refractivity contribution in [3.8, 4) is 17.1 Å². The highest BCUT2D eigenvalue weighted by atomic mass is 16.6. The summed E-state index contributed by atoms with van der Waals surface area (Å²) in [6.45, 7) is 14.1. The van der Waals surface area contributed by atoms with Gasteiger partial charge in [-0.25, -0.2) is 14.6 Å². The Hall–Kier alpha value is -3.30. The molecule has 1 unspecified atom stereocenters. The lowest BCUT2D eigenvalue weighted by atomic mass is 9.82. The van der Waals surface area contributed by atoms with Crippen LogP contribution in [0.5, 0.6) is 5.75 Å². The Morgan fingerprint density at radius 3 is 2.43 bits per heavy atom. The van der Waals surface area contributed by atoms with Crippen molar-refractivity contribution in [2.45, 2.75) is 103 Å². The Balaban J connectivity index is 1.28. The van der Waals surface area contributed by atoms with Gasteiger partial charge in [0.15, 0.2) is 5.60 Å². The van der Waals surface area contributed by atoms with E-state index in [2.05, 4.69) is 25.5 Å². The number of fused-ring (bicyclic) bond motifs is 4. The molecule has 0 radical (unpaired) electrons. The highest BCUT2D eigenvalue weighted by Gasteiger charge is 2.50. The Labute approximate surface area is 248 Å². The molecule has 1 aliphatic carbocycles. The molecule has 228 valence electrons. The first-order valence-electron chi connectivity index (χ1n) is 15.4. The number of carbonyl (C=O) groups is 2. The number of pyridine rings is 1. The van der Waals surface area contributed by atoms with Gasteiger partial charge >= 0.3 is 12.2 Å². The number of aromatic nitrogens is 3. The van der Waals surface area contributed by atoms with E-state index in [0.29, 0.717) is 45.0 Å². The molecule has 2 aromatic heterocycles. The van der Waals surface area contributed by atoms with Crippen molar-refractivity contribution in [1.29, 1.82) is 0 Å². The van der Waals surface area contributed by atoms with Gasteiger partial charge in [-0.2, -0.15) is 0 Å². The highest BCUT2D eigenvalue weighted by molar-refractivity contribution is 5.71. The van der Waals surface area contributed by atoms with Gasteiger partial charge in [0.1, 0.15) is 28.6 Å². The van der Waals surface area contributed by atoms with Gasteiger partial charge in [-0.05, 0) is 84.8 Å². The van der Waals surface area contributed by atoms with Crippen molar-refractivity contribution in [2.24, 2.45) is 13.0 Å². The van der Waals surface area contributed by atoms with E-state index in [1.54, 1.807) is 0 Å². The highest BCUT2D eigenvalue weighted by Crippen LogP contribution is 2.50. The van der Waals surface area contributed by atoms with Crippen LogP contribution in [0.2, 0.25) is 0 Å². The number of imidazole rings is 1. The van der Waals surface area contributed by atoms with Crippen molar-refractivity contribution in [3.05, 3.63) is 29.3 Å². The number of amides is 2. The zero-order valence-electron chi connectivity index (χ0n) is 26.2. The third kappa shape index (κ3) is 5.33. The Bertz CT molecular complexity index is 1380. The van der Waals surface area contributed by atoms with Gasteiger partial charge in [0, 0.05) is 57.2 Å². The van der Waals surface area contributed by atoms with Crippen LogP contribution >= 0.6 is 0 Å². The third-order valence-corrected chi connectivity index (χ3v) is 9.21. The van der Waals surface area contributed by atoms with Crippen molar-refractivity contribution in [3.63, 3.8) is 0 Å². The summed E-state index contributed by atoms with van der Waals surface area (Å²) in [5.41, 5.74) is 2.13. The van der Waals surface area contributed by atoms with Crippen LogP contribution in [-0.4, -0.2) is 73.9 Å². The fourth-order valence-corrected chi connectivity index (χ4v) is 6.86. The molecule has 3 aliphatic heterocycles. The molecule has 0 aromatic carbocycles. The Kier molecular flexibility index (Phi) is 6.97. The van der Waals surface area contributed by atoms with Crippen LogP contribution in [0.25, 0.3) is 11.4 Å². The minimum Gasteiger partial charge on any atom is -0.478 e. The van der Waals surface area contributed by atoms with Crippen molar-refractivity contribution in [1.82, 2.24) is 24.3 Å². The van der Waals surface area contributed by atoms with Gasteiger partial charge in [-0.1, -0.05) is 0 Å². The summed E-state index contributed by atoms with van der Waals surface area (Å²) in [6, 6.07) is 2.04. The topological polar surface area (TPSA) is 99.0 Å². The number of rotatable bonds is 3. The molecule has 1 atom stereocenters. The fourth-order valence-electron chi connectivity index (χ4n) is 6.86. The van der Waals surface area contributed by atoms with E-state index in [9.17, 15) is 9.59 Å². The van der Waals surface area contributed by atoms with Crippen molar-refractivity contribution < 1.29 is 23.8 Å². The SMILES string of the molecule is Cc1cnc2c(c1)OC1(CCN(C(=O)OCC3CC3)CC1)c1c-2nc(C2CCN(C(=O)OC(C)(C)C)C(C)(C)C2)n1C. The van der Waals surface area contributed by atoms with Crippen LogP contribution in [0.4, 0.5) is 9.59 Å². The Morgan fingerprint density at radius 1 is 1.07 bits per heavy atom. The second kappa shape index (κ2) is 10.2. The molecule has 42 heavy (non-hydrogen) atoms. The first-order valence-corrected chi connectivity index (χ1v) is 15.4. The molecule has 2 amide bonds. The largest absolute Gasteiger partial charge is 0.478 e. The van der Waals surface area contributed by atoms with E-state index in [1.807, 2.05) is 49.8 Å². The van der Waals surface area contributed by atoms with Gasteiger partial charge in [0.05, 0.1) is 12.3 Å². The Morgan fingerprint density at radius 2 is 1.79 bits per heavy atom. The number of piperidine rings is 2. The molecule has 4 aliphatic rings. The maximum Gasteiger partial charge on any atom is 0.410 e. The normalized spacial score (nSPS) is 22.7. The molecule has 2 aromatic rings. The van der Waals surface area contributed by atoms with Crippen LogP contribution < -0.4 is 4.74 Å². The predicted octanol–water partition coefficient (Wildman–Crippen LogP) is 5.91. The summed E-state index contributed by atoms with van der Waals surface area (Å²) in [6.07, 6.45) is 6.51. The standard InChI is InChI=1S/C32H45N5O5/c1-20-16-23-24(33-18-20)25-26(32(41-23)11-14-36(15-12-32)28(38)40-19-21-8-9-21)35(7)27(34-25)22-10-13-37(31(5,6)17-22)29(39)42-30(2,3)4/h16,18,21-22H,8-15,17,19H2,1-7H3. The molecule has 1 spiro atoms. The number of hydrogen-bond donors (Lipinski definition) is 0. The third-order valence-electron chi connectivity index (χ3n) is 9.21.